The highest BCUT2D eigenvalue weighted by Crippen LogP contribution is 2.25. The van der Waals surface area contributed by atoms with Gasteiger partial charge in [0.2, 0.25) is 15.9 Å². The third-order valence-corrected chi connectivity index (χ3v) is 6.31. The third kappa shape index (κ3) is 3.39. The summed E-state index contributed by atoms with van der Waals surface area (Å²) in [4.78, 5) is 18.7. The van der Waals surface area contributed by atoms with E-state index in [2.05, 4.69) is 4.98 Å². The van der Waals surface area contributed by atoms with Crippen molar-refractivity contribution in [1.82, 2.24) is 14.2 Å². The topological polar surface area (TPSA) is 70.6 Å². The Morgan fingerprint density at radius 1 is 1.43 bits per heavy atom. The Morgan fingerprint density at radius 3 is 2.87 bits per heavy atom. The van der Waals surface area contributed by atoms with E-state index < -0.39 is 16.1 Å². The van der Waals surface area contributed by atoms with Gasteiger partial charge in [-0.3, -0.25) is 4.79 Å². The maximum Gasteiger partial charge on any atom is 0.241 e. The Bertz CT molecular complexity index is 798. The summed E-state index contributed by atoms with van der Waals surface area (Å²) in [5.41, 5.74) is 0.923. The number of rotatable bonds is 4. The number of nitrogens with zero attached hydrogens (tertiary/aromatic N) is 3. The number of aromatic nitrogens is 1. The van der Waals surface area contributed by atoms with E-state index in [9.17, 15) is 13.2 Å². The van der Waals surface area contributed by atoms with Gasteiger partial charge in [0.1, 0.15) is 11.0 Å². The predicted molar refractivity (Wildman–Crippen MR) is 90.7 cm³/mol. The van der Waals surface area contributed by atoms with Crippen molar-refractivity contribution in [2.45, 2.75) is 25.4 Å². The molecule has 1 unspecified atom stereocenters. The monoisotopic (exact) mass is 353 g/mol. The van der Waals surface area contributed by atoms with Gasteiger partial charge >= 0.3 is 0 Å². The van der Waals surface area contributed by atoms with Crippen molar-refractivity contribution in [1.29, 1.82) is 0 Å². The molecule has 8 heteroatoms. The molecule has 0 radical (unpaired) electrons. The average molecular weight is 353 g/mol. The van der Waals surface area contributed by atoms with Crippen molar-refractivity contribution in [2.24, 2.45) is 0 Å². The molecule has 0 saturated carbocycles. The summed E-state index contributed by atoms with van der Waals surface area (Å²) in [5, 5.41) is 0.853. The molecule has 1 aromatic carbocycles. The molecule has 2 aromatic rings. The summed E-state index contributed by atoms with van der Waals surface area (Å²) in [6.45, 7) is 0.816. The van der Waals surface area contributed by atoms with E-state index in [1.807, 2.05) is 24.3 Å². The molecule has 124 valence electrons. The lowest BCUT2D eigenvalue weighted by Gasteiger charge is -2.25. The molecule has 0 N–H and O–H groups in total. The third-order valence-electron chi connectivity index (χ3n) is 4.00. The van der Waals surface area contributed by atoms with E-state index in [4.69, 9.17) is 0 Å². The highest BCUT2D eigenvalue weighted by Gasteiger charge is 2.37. The summed E-state index contributed by atoms with van der Waals surface area (Å²) in [6.07, 6.45) is 2.46. The Labute approximate surface area is 139 Å². The van der Waals surface area contributed by atoms with Crippen molar-refractivity contribution in [3.8, 4) is 0 Å². The van der Waals surface area contributed by atoms with E-state index in [0.29, 0.717) is 19.5 Å². The zero-order valence-electron chi connectivity index (χ0n) is 13.1. The number of amides is 1. The fourth-order valence-corrected chi connectivity index (χ4v) is 5.05. The van der Waals surface area contributed by atoms with Crippen LogP contribution in [0.5, 0.6) is 0 Å². The largest absolute Gasteiger partial charge is 0.338 e. The van der Waals surface area contributed by atoms with Gasteiger partial charge in [-0.05, 0) is 25.0 Å². The number of hydrogen-bond acceptors (Lipinski definition) is 5. The van der Waals surface area contributed by atoms with Gasteiger partial charge in [0.15, 0.2) is 0 Å². The van der Waals surface area contributed by atoms with E-state index in [1.165, 1.54) is 4.31 Å². The van der Waals surface area contributed by atoms with Gasteiger partial charge in [-0.2, -0.15) is 4.31 Å². The van der Waals surface area contributed by atoms with Crippen molar-refractivity contribution >= 4 is 37.5 Å². The molecule has 1 amide bonds. The van der Waals surface area contributed by atoms with Gasteiger partial charge in [0.25, 0.3) is 0 Å². The summed E-state index contributed by atoms with van der Waals surface area (Å²) in [6, 6.07) is 7.26. The van der Waals surface area contributed by atoms with E-state index in [0.717, 1.165) is 27.9 Å². The second-order valence-corrected chi connectivity index (χ2v) is 8.85. The fraction of sp³-hybridized carbons (Fsp3) is 0.467. The van der Waals surface area contributed by atoms with Gasteiger partial charge in [-0.25, -0.2) is 13.4 Å². The number of carbonyl (C=O) groups is 1. The van der Waals surface area contributed by atoms with Gasteiger partial charge in [0.05, 0.1) is 23.0 Å². The highest BCUT2D eigenvalue weighted by molar-refractivity contribution is 7.88. The lowest BCUT2D eigenvalue weighted by molar-refractivity contribution is -0.133. The maximum absolute atomic E-state index is 12.6. The molecule has 0 bridgehead atoms. The highest BCUT2D eigenvalue weighted by atomic mass is 32.2. The number of benzene rings is 1. The van der Waals surface area contributed by atoms with Gasteiger partial charge < -0.3 is 4.90 Å². The van der Waals surface area contributed by atoms with Crippen molar-refractivity contribution in [3.63, 3.8) is 0 Å². The number of thiazole rings is 1. The molecule has 1 saturated heterocycles. The first-order chi connectivity index (χ1) is 10.9. The standard InChI is InChI=1S/C15H19N3O3S2/c1-17(10-14-16-11-6-3-4-8-13(11)22-14)15(19)12-7-5-9-18(12)23(2,20)21/h3-4,6,8,12H,5,7,9-10H2,1-2H3. The molecule has 0 aliphatic carbocycles. The molecule has 0 spiro atoms. The minimum Gasteiger partial charge on any atom is -0.338 e. The maximum atomic E-state index is 12.6. The first kappa shape index (κ1) is 16.4. The summed E-state index contributed by atoms with van der Waals surface area (Å²) >= 11 is 1.56. The first-order valence-corrected chi connectivity index (χ1v) is 10.1. The van der Waals surface area contributed by atoms with Crippen molar-refractivity contribution < 1.29 is 13.2 Å². The zero-order valence-corrected chi connectivity index (χ0v) is 14.7. The van der Waals surface area contributed by atoms with Crippen LogP contribution in [0.15, 0.2) is 24.3 Å². The Kier molecular flexibility index (Phi) is 4.39. The number of likely N-dealkylation sites (N-methyl/N-ethyl adjacent to an activating group) is 1. The van der Waals surface area contributed by atoms with Gasteiger partial charge in [0, 0.05) is 13.6 Å². The molecule has 1 atom stereocenters. The number of carbonyl (C=O) groups excluding carboxylic acids is 1. The van der Waals surface area contributed by atoms with Crippen LogP contribution in [0.2, 0.25) is 0 Å². The van der Waals surface area contributed by atoms with Crippen molar-refractivity contribution in [3.05, 3.63) is 29.3 Å². The Balaban J connectivity index is 1.74. The molecule has 1 aliphatic rings. The predicted octanol–water partition coefficient (Wildman–Crippen LogP) is 1.68. The van der Waals surface area contributed by atoms with Gasteiger partial charge in [-0.15, -0.1) is 11.3 Å². The second kappa shape index (κ2) is 6.18. The summed E-state index contributed by atoms with van der Waals surface area (Å²) in [7, 11) is -1.65. The lowest BCUT2D eigenvalue weighted by atomic mass is 10.2. The number of fused-ring (bicyclic) bond motifs is 1. The molecule has 1 aromatic heterocycles. The molecule has 1 fully saturated rings. The Hall–Kier alpha value is -1.51. The average Bonchev–Trinajstić information content (AvgIpc) is 3.11. The quantitative estimate of drug-likeness (QED) is 0.838. The number of para-hydroxylation sites is 1. The SMILES string of the molecule is CN(Cc1nc2ccccc2s1)C(=O)C1CCCN1S(C)(=O)=O. The number of sulfonamides is 1. The Morgan fingerprint density at radius 2 is 2.17 bits per heavy atom. The molecule has 23 heavy (non-hydrogen) atoms. The van der Waals surface area contributed by atoms with Crippen LogP contribution in [0.25, 0.3) is 10.2 Å². The van der Waals surface area contributed by atoms with E-state index in [1.54, 1.807) is 23.3 Å². The van der Waals surface area contributed by atoms with Gasteiger partial charge in [-0.1, -0.05) is 12.1 Å². The first-order valence-electron chi connectivity index (χ1n) is 7.42. The molecule has 2 heterocycles. The van der Waals surface area contributed by atoms with Crippen LogP contribution in [0, 0.1) is 0 Å². The van der Waals surface area contributed by atoms with Crippen LogP contribution in [0.1, 0.15) is 17.8 Å². The molecule has 6 nitrogen and oxygen atoms in total. The molecule has 1 aliphatic heterocycles. The minimum atomic E-state index is -3.35. The van der Waals surface area contributed by atoms with Crippen molar-refractivity contribution in [2.75, 3.05) is 19.8 Å². The van der Waals surface area contributed by atoms with Crippen LogP contribution in [-0.2, 0) is 21.4 Å². The molecular formula is C15H19N3O3S2. The van der Waals surface area contributed by atoms with Crippen LogP contribution in [-0.4, -0.2) is 54.4 Å². The summed E-state index contributed by atoms with van der Waals surface area (Å²) in [5.74, 6) is -0.160. The van der Waals surface area contributed by atoms with Crippen LogP contribution < -0.4 is 0 Å². The van der Waals surface area contributed by atoms with E-state index in [-0.39, 0.29) is 5.91 Å². The van der Waals surface area contributed by atoms with Crippen LogP contribution >= 0.6 is 11.3 Å². The normalized spacial score (nSPS) is 19.3. The fourth-order valence-electron chi connectivity index (χ4n) is 2.91. The number of hydrogen-bond donors (Lipinski definition) is 0. The summed E-state index contributed by atoms with van der Waals surface area (Å²) < 4.78 is 26.0. The zero-order chi connectivity index (χ0) is 16.6. The lowest BCUT2D eigenvalue weighted by Crippen LogP contribution is -2.45. The molecule has 3 rings (SSSR count). The van der Waals surface area contributed by atoms with Crippen LogP contribution in [0.4, 0.5) is 0 Å². The molecular weight excluding hydrogens is 334 g/mol. The minimum absolute atomic E-state index is 0.160. The smallest absolute Gasteiger partial charge is 0.241 e. The van der Waals surface area contributed by atoms with E-state index >= 15 is 0 Å². The van der Waals surface area contributed by atoms with Crippen LogP contribution in [0.3, 0.4) is 0 Å². The second-order valence-electron chi connectivity index (χ2n) is 5.80.